The first-order valence-electron chi connectivity index (χ1n) is 5.99. The van der Waals surface area contributed by atoms with Crippen LogP contribution >= 0.6 is 0 Å². The average Bonchev–Trinajstić information content (AvgIpc) is 2.94. The molecule has 10 heteroatoms. The van der Waals surface area contributed by atoms with E-state index >= 15 is 0 Å². The minimum absolute atomic E-state index is 0.104. The highest BCUT2D eigenvalue weighted by atomic mass is 19.4. The number of carbonyl (C=O) groups excluding carboxylic acids is 1. The molecule has 0 aliphatic heterocycles. The van der Waals surface area contributed by atoms with Crippen molar-refractivity contribution in [3.05, 3.63) is 29.3 Å². The molecule has 0 aromatic carbocycles. The van der Waals surface area contributed by atoms with E-state index in [-0.39, 0.29) is 19.0 Å². The Labute approximate surface area is 117 Å². The number of nitrogens with one attached hydrogen (secondary N) is 1. The van der Waals surface area contributed by atoms with Crippen LogP contribution in [0.3, 0.4) is 0 Å². The van der Waals surface area contributed by atoms with Crippen LogP contribution in [0.1, 0.15) is 24.0 Å². The summed E-state index contributed by atoms with van der Waals surface area (Å²) in [7, 11) is 1.43. The van der Waals surface area contributed by atoms with Crippen molar-refractivity contribution in [1.82, 2.24) is 30.1 Å². The van der Waals surface area contributed by atoms with Crippen LogP contribution in [0.5, 0.6) is 0 Å². The van der Waals surface area contributed by atoms with Gasteiger partial charge in [0.1, 0.15) is 5.69 Å². The molecule has 2 heterocycles. The number of halogens is 3. The second-order valence-electron chi connectivity index (χ2n) is 4.46. The van der Waals surface area contributed by atoms with Crippen LogP contribution < -0.4 is 5.32 Å². The standard InChI is InChI=1S/C11H13F3N6O/c1-7(21)15-4-8-5-20(18-16-8)6-9-3-10(11(12,13)14)17-19(9)2/h3,5H,4,6H2,1-2H3,(H,15,21). The highest BCUT2D eigenvalue weighted by Crippen LogP contribution is 2.28. The third kappa shape index (κ3) is 3.80. The second kappa shape index (κ2) is 5.54. The highest BCUT2D eigenvalue weighted by molar-refractivity contribution is 5.72. The molecule has 21 heavy (non-hydrogen) atoms. The van der Waals surface area contributed by atoms with Crippen molar-refractivity contribution >= 4 is 5.91 Å². The predicted octanol–water partition coefficient (Wildman–Crippen LogP) is 0.715. The molecular formula is C11H13F3N6O. The molecule has 0 spiro atoms. The number of aryl methyl sites for hydroxylation is 1. The number of hydrogen-bond acceptors (Lipinski definition) is 4. The van der Waals surface area contributed by atoms with E-state index in [1.54, 1.807) is 6.20 Å². The van der Waals surface area contributed by atoms with Crippen LogP contribution in [-0.4, -0.2) is 30.7 Å². The zero-order chi connectivity index (χ0) is 15.6. The summed E-state index contributed by atoms with van der Waals surface area (Å²) in [6, 6.07) is 0.967. The van der Waals surface area contributed by atoms with E-state index in [9.17, 15) is 18.0 Å². The molecular weight excluding hydrogens is 289 g/mol. The van der Waals surface area contributed by atoms with Crippen molar-refractivity contribution in [3.8, 4) is 0 Å². The van der Waals surface area contributed by atoms with Gasteiger partial charge in [-0.25, -0.2) is 4.68 Å². The highest BCUT2D eigenvalue weighted by Gasteiger charge is 2.34. The number of amides is 1. The fourth-order valence-electron chi connectivity index (χ4n) is 1.67. The summed E-state index contributed by atoms with van der Waals surface area (Å²) in [4.78, 5) is 10.8. The van der Waals surface area contributed by atoms with Gasteiger partial charge in [0.15, 0.2) is 5.69 Å². The molecule has 0 saturated carbocycles. The lowest BCUT2D eigenvalue weighted by molar-refractivity contribution is -0.141. The van der Waals surface area contributed by atoms with Crippen molar-refractivity contribution in [3.63, 3.8) is 0 Å². The maximum Gasteiger partial charge on any atom is 0.435 e. The Morgan fingerprint density at radius 2 is 2.14 bits per heavy atom. The Bertz CT molecular complexity index is 645. The molecule has 0 aliphatic carbocycles. The summed E-state index contributed by atoms with van der Waals surface area (Å²) in [5, 5.41) is 13.6. The Morgan fingerprint density at radius 1 is 1.43 bits per heavy atom. The first-order valence-corrected chi connectivity index (χ1v) is 5.99. The minimum atomic E-state index is -4.48. The van der Waals surface area contributed by atoms with Gasteiger partial charge in [-0.3, -0.25) is 9.48 Å². The maximum absolute atomic E-state index is 12.5. The van der Waals surface area contributed by atoms with Gasteiger partial charge >= 0.3 is 6.18 Å². The monoisotopic (exact) mass is 302 g/mol. The van der Waals surface area contributed by atoms with E-state index in [0.29, 0.717) is 11.4 Å². The lowest BCUT2D eigenvalue weighted by Crippen LogP contribution is -2.19. The van der Waals surface area contributed by atoms with Gasteiger partial charge in [-0.1, -0.05) is 5.21 Å². The van der Waals surface area contributed by atoms with Crippen LogP contribution in [0.4, 0.5) is 13.2 Å². The molecule has 2 rings (SSSR count). The molecule has 0 saturated heterocycles. The van der Waals surface area contributed by atoms with E-state index in [1.165, 1.54) is 18.7 Å². The van der Waals surface area contributed by atoms with E-state index in [4.69, 9.17) is 0 Å². The summed E-state index contributed by atoms with van der Waals surface area (Å²) in [5.74, 6) is -0.203. The first-order chi connectivity index (χ1) is 9.75. The summed E-state index contributed by atoms with van der Waals surface area (Å²) >= 11 is 0. The smallest absolute Gasteiger partial charge is 0.351 e. The molecule has 7 nitrogen and oxygen atoms in total. The Morgan fingerprint density at radius 3 is 2.71 bits per heavy atom. The molecule has 1 N–H and O–H groups in total. The third-order valence-electron chi connectivity index (χ3n) is 2.70. The van der Waals surface area contributed by atoms with Gasteiger partial charge in [-0.05, 0) is 6.07 Å². The van der Waals surface area contributed by atoms with Crippen LogP contribution in [0.25, 0.3) is 0 Å². The second-order valence-corrected chi connectivity index (χ2v) is 4.46. The van der Waals surface area contributed by atoms with Gasteiger partial charge in [0.2, 0.25) is 5.91 Å². The minimum Gasteiger partial charge on any atom is -0.351 e. The number of carbonyl (C=O) groups is 1. The molecule has 0 unspecified atom stereocenters. The number of hydrogen-bond donors (Lipinski definition) is 1. The number of rotatable bonds is 4. The molecule has 0 aliphatic rings. The molecule has 1 amide bonds. The topological polar surface area (TPSA) is 77.6 Å². The quantitative estimate of drug-likeness (QED) is 0.902. The summed E-state index contributed by atoms with van der Waals surface area (Å²) in [6.07, 6.45) is -2.93. The normalized spacial score (nSPS) is 11.7. The zero-order valence-corrected chi connectivity index (χ0v) is 11.3. The summed E-state index contributed by atoms with van der Waals surface area (Å²) < 4.78 is 40.2. The molecule has 2 aromatic rings. The van der Waals surface area contributed by atoms with Crippen molar-refractivity contribution in [2.75, 3.05) is 0 Å². The number of aromatic nitrogens is 5. The summed E-state index contributed by atoms with van der Waals surface area (Å²) in [5.41, 5.74) is -0.0831. The fourth-order valence-corrected chi connectivity index (χ4v) is 1.67. The maximum atomic E-state index is 12.5. The predicted molar refractivity (Wildman–Crippen MR) is 64.9 cm³/mol. The van der Waals surface area contributed by atoms with Gasteiger partial charge in [0.25, 0.3) is 0 Å². The largest absolute Gasteiger partial charge is 0.435 e. The molecule has 0 bridgehead atoms. The van der Waals surface area contributed by atoms with E-state index in [1.807, 2.05) is 0 Å². The lowest BCUT2D eigenvalue weighted by atomic mass is 10.3. The number of alkyl halides is 3. The lowest BCUT2D eigenvalue weighted by Gasteiger charge is -2.00. The number of nitrogens with zero attached hydrogens (tertiary/aromatic N) is 5. The van der Waals surface area contributed by atoms with E-state index in [2.05, 4.69) is 20.7 Å². The Hall–Kier alpha value is -2.39. The van der Waals surface area contributed by atoms with Crippen molar-refractivity contribution < 1.29 is 18.0 Å². The third-order valence-corrected chi connectivity index (χ3v) is 2.70. The van der Waals surface area contributed by atoms with Gasteiger partial charge in [-0.2, -0.15) is 18.3 Å². The Balaban J connectivity index is 2.08. The zero-order valence-electron chi connectivity index (χ0n) is 11.3. The van der Waals surface area contributed by atoms with Crippen molar-refractivity contribution in [2.45, 2.75) is 26.2 Å². The fraction of sp³-hybridized carbons (Fsp3) is 0.455. The molecule has 114 valence electrons. The van der Waals surface area contributed by atoms with Gasteiger partial charge < -0.3 is 5.32 Å². The molecule has 0 fully saturated rings. The van der Waals surface area contributed by atoms with Crippen molar-refractivity contribution in [2.24, 2.45) is 7.05 Å². The van der Waals surface area contributed by atoms with Crippen LogP contribution in [-0.2, 0) is 31.1 Å². The summed E-state index contributed by atoms with van der Waals surface area (Å²) in [6.45, 7) is 1.69. The van der Waals surface area contributed by atoms with Crippen LogP contribution in [0.2, 0.25) is 0 Å². The SMILES string of the molecule is CC(=O)NCc1cn(Cc2cc(C(F)(F)F)nn2C)nn1. The van der Waals surface area contributed by atoms with E-state index < -0.39 is 11.9 Å². The Kier molecular flexibility index (Phi) is 3.96. The van der Waals surface area contributed by atoms with Gasteiger partial charge in [-0.15, -0.1) is 5.10 Å². The van der Waals surface area contributed by atoms with Crippen LogP contribution in [0.15, 0.2) is 12.3 Å². The van der Waals surface area contributed by atoms with Crippen LogP contribution in [0, 0.1) is 0 Å². The molecule has 0 radical (unpaired) electrons. The van der Waals surface area contributed by atoms with Gasteiger partial charge in [0, 0.05) is 14.0 Å². The first kappa shape index (κ1) is 15.0. The van der Waals surface area contributed by atoms with Crippen molar-refractivity contribution in [1.29, 1.82) is 0 Å². The van der Waals surface area contributed by atoms with Gasteiger partial charge in [0.05, 0.1) is 25.0 Å². The molecule has 0 atom stereocenters. The average molecular weight is 302 g/mol. The molecule has 2 aromatic heterocycles. The van der Waals surface area contributed by atoms with E-state index in [0.717, 1.165) is 10.7 Å².